The third-order valence-corrected chi connectivity index (χ3v) is 4.22. The molecule has 0 aromatic heterocycles. The molecular weight excluding hydrogens is 268 g/mol. The summed E-state index contributed by atoms with van der Waals surface area (Å²) >= 11 is 0. The van der Waals surface area contributed by atoms with Crippen molar-refractivity contribution < 1.29 is 20.1 Å². The van der Waals surface area contributed by atoms with E-state index in [1.54, 1.807) is 0 Å². The Morgan fingerprint density at radius 1 is 0.952 bits per heavy atom. The van der Waals surface area contributed by atoms with Gasteiger partial charge in [0.1, 0.15) is 0 Å². The zero-order chi connectivity index (χ0) is 16.1. The van der Waals surface area contributed by atoms with Gasteiger partial charge in [-0.1, -0.05) is 71.1 Å². The summed E-state index contributed by atoms with van der Waals surface area (Å²) in [5.74, 6) is -1.90. The molecule has 126 valence electrons. The highest BCUT2D eigenvalue weighted by Gasteiger charge is 2.36. The van der Waals surface area contributed by atoms with Crippen molar-refractivity contribution in [3.05, 3.63) is 0 Å². The number of aliphatic carboxylic acids is 1. The summed E-state index contributed by atoms with van der Waals surface area (Å²) in [5.41, 5.74) is -1.52. The summed E-state index contributed by atoms with van der Waals surface area (Å²) in [6.07, 6.45) is 12.4. The lowest BCUT2D eigenvalue weighted by atomic mass is 9.85. The molecule has 0 amide bonds. The topological polar surface area (TPSA) is 77.8 Å². The van der Waals surface area contributed by atoms with Gasteiger partial charge >= 0.3 is 5.97 Å². The summed E-state index contributed by atoms with van der Waals surface area (Å²) in [6, 6.07) is 0. The third-order valence-electron chi connectivity index (χ3n) is 4.22. The van der Waals surface area contributed by atoms with E-state index in [0.29, 0.717) is 6.42 Å². The molecule has 0 bridgehead atoms. The number of unbranched alkanes of at least 4 members (excludes halogenated alkanes) is 9. The lowest BCUT2D eigenvalue weighted by molar-refractivity contribution is -0.154. The molecule has 21 heavy (non-hydrogen) atoms. The van der Waals surface area contributed by atoms with Gasteiger partial charge in [0.15, 0.2) is 0 Å². The average Bonchev–Trinajstić information content (AvgIpc) is 2.44. The fourth-order valence-electron chi connectivity index (χ4n) is 2.65. The van der Waals surface area contributed by atoms with Crippen LogP contribution in [0.15, 0.2) is 0 Å². The van der Waals surface area contributed by atoms with E-state index in [0.717, 1.165) is 19.3 Å². The number of aliphatic hydroxyl groups is 2. The molecule has 4 heteroatoms. The molecule has 0 aliphatic rings. The Labute approximate surface area is 129 Å². The summed E-state index contributed by atoms with van der Waals surface area (Å²) in [7, 11) is 0. The number of carboxylic acid groups (broad SMARTS) is 1. The van der Waals surface area contributed by atoms with Crippen LogP contribution in [-0.4, -0.2) is 33.5 Å². The number of rotatable bonds is 14. The van der Waals surface area contributed by atoms with Crippen LogP contribution >= 0.6 is 0 Å². The molecular formula is C17H34O4. The van der Waals surface area contributed by atoms with Crippen LogP contribution in [-0.2, 0) is 4.79 Å². The molecule has 0 saturated carbocycles. The number of carboxylic acids is 1. The largest absolute Gasteiger partial charge is 0.481 e. The number of carbonyl (C=O) groups is 1. The molecule has 0 spiro atoms. The zero-order valence-corrected chi connectivity index (χ0v) is 13.8. The van der Waals surface area contributed by atoms with Gasteiger partial charge in [0.2, 0.25) is 0 Å². The van der Waals surface area contributed by atoms with Crippen molar-refractivity contribution in [2.45, 2.75) is 90.1 Å². The highest BCUT2D eigenvalue weighted by molar-refractivity contribution is 5.71. The van der Waals surface area contributed by atoms with Crippen molar-refractivity contribution in [2.24, 2.45) is 5.92 Å². The monoisotopic (exact) mass is 302 g/mol. The van der Waals surface area contributed by atoms with Gasteiger partial charge in [-0.2, -0.15) is 0 Å². The second kappa shape index (κ2) is 12.0. The molecule has 0 radical (unpaired) electrons. The maximum Gasteiger partial charge on any atom is 0.309 e. The average molecular weight is 302 g/mol. The van der Waals surface area contributed by atoms with Crippen molar-refractivity contribution in [1.29, 1.82) is 0 Å². The van der Waals surface area contributed by atoms with Gasteiger partial charge in [-0.25, -0.2) is 0 Å². The summed E-state index contributed by atoms with van der Waals surface area (Å²) in [4.78, 5) is 11.1. The minimum absolute atomic E-state index is 0.430. The molecule has 0 rings (SSSR count). The summed E-state index contributed by atoms with van der Waals surface area (Å²) in [6.45, 7) is 3.10. The van der Waals surface area contributed by atoms with E-state index in [-0.39, 0.29) is 0 Å². The van der Waals surface area contributed by atoms with Gasteiger partial charge in [0, 0.05) is 0 Å². The molecule has 2 atom stereocenters. The Morgan fingerprint density at radius 3 is 1.76 bits per heavy atom. The Balaban J connectivity index is 3.62. The quantitative estimate of drug-likeness (QED) is 0.427. The maximum absolute atomic E-state index is 11.1. The van der Waals surface area contributed by atoms with Gasteiger partial charge in [0.25, 0.3) is 0 Å². The lowest BCUT2D eigenvalue weighted by Crippen LogP contribution is -2.42. The molecule has 0 aliphatic heterocycles. The van der Waals surface area contributed by atoms with Gasteiger partial charge in [-0.3, -0.25) is 4.79 Å². The molecule has 0 heterocycles. The standard InChI is InChI=1S/C17H34O4/c1-3-4-5-6-7-8-9-10-11-12-13-15(16(19)20)17(2,21)14-18/h15,18,21H,3-14H2,1-2H3,(H,19,20). The van der Waals surface area contributed by atoms with Crippen LogP contribution in [0.3, 0.4) is 0 Å². The normalized spacial score (nSPS) is 15.6. The van der Waals surface area contributed by atoms with Crippen molar-refractivity contribution in [3.8, 4) is 0 Å². The van der Waals surface area contributed by atoms with E-state index in [4.69, 9.17) is 10.2 Å². The van der Waals surface area contributed by atoms with Crippen LogP contribution in [0, 0.1) is 5.92 Å². The summed E-state index contributed by atoms with van der Waals surface area (Å²) < 4.78 is 0. The van der Waals surface area contributed by atoms with E-state index in [1.807, 2.05) is 0 Å². The van der Waals surface area contributed by atoms with Crippen molar-refractivity contribution in [2.75, 3.05) is 6.61 Å². The Kier molecular flexibility index (Phi) is 11.6. The Morgan fingerprint density at radius 2 is 1.38 bits per heavy atom. The molecule has 3 N–H and O–H groups in total. The first-order chi connectivity index (χ1) is 9.95. The van der Waals surface area contributed by atoms with Crippen LogP contribution in [0.1, 0.15) is 84.5 Å². The first-order valence-electron chi connectivity index (χ1n) is 8.51. The van der Waals surface area contributed by atoms with E-state index in [2.05, 4.69) is 6.92 Å². The molecule has 2 unspecified atom stereocenters. The van der Waals surface area contributed by atoms with Crippen molar-refractivity contribution in [3.63, 3.8) is 0 Å². The number of hydrogen-bond donors (Lipinski definition) is 3. The van der Waals surface area contributed by atoms with Gasteiger partial charge in [-0.05, 0) is 13.3 Å². The van der Waals surface area contributed by atoms with E-state index in [1.165, 1.54) is 51.9 Å². The van der Waals surface area contributed by atoms with Crippen LogP contribution in [0.25, 0.3) is 0 Å². The van der Waals surface area contributed by atoms with Crippen LogP contribution in [0.5, 0.6) is 0 Å². The first-order valence-corrected chi connectivity index (χ1v) is 8.51. The second-order valence-electron chi connectivity index (χ2n) is 6.38. The van der Waals surface area contributed by atoms with Crippen molar-refractivity contribution >= 4 is 5.97 Å². The van der Waals surface area contributed by atoms with Crippen LogP contribution in [0.4, 0.5) is 0 Å². The molecule has 0 aromatic carbocycles. The second-order valence-corrected chi connectivity index (χ2v) is 6.38. The third kappa shape index (κ3) is 9.86. The fraction of sp³-hybridized carbons (Fsp3) is 0.941. The predicted molar refractivity (Wildman–Crippen MR) is 85.3 cm³/mol. The molecule has 0 aliphatic carbocycles. The maximum atomic E-state index is 11.1. The molecule has 4 nitrogen and oxygen atoms in total. The number of hydrogen-bond acceptors (Lipinski definition) is 3. The van der Waals surface area contributed by atoms with E-state index < -0.39 is 24.1 Å². The van der Waals surface area contributed by atoms with E-state index >= 15 is 0 Å². The van der Waals surface area contributed by atoms with Crippen LogP contribution < -0.4 is 0 Å². The highest BCUT2D eigenvalue weighted by atomic mass is 16.4. The zero-order valence-electron chi connectivity index (χ0n) is 13.8. The van der Waals surface area contributed by atoms with Gasteiger partial charge in [0.05, 0.1) is 18.1 Å². The minimum atomic E-state index is -1.52. The highest BCUT2D eigenvalue weighted by Crippen LogP contribution is 2.23. The fourth-order valence-corrected chi connectivity index (χ4v) is 2.65. The number of aliphatic hydroxyl groups excluding tert-OH is 1. The molecule has 0 fully saturated rings. The molecule has 0 aromatic rings. The minimum Gasteiger partial charge on any atom is -0.481 e. The van der Waals surface area contributed by atoms with E-state index in [9.17, 15) is 9.90 Å². The Hall–Kier alpha value is -0.610. The Bertz CT molecular complexity index is 264. The van der Waals surface area contributed by atoms with Gasteiger partial charge < -0.3 is 15.3 Å². The van der Waals surface area contributed by atoms with Crippen LogP contribution in [0.2, 0.25) is 0 Å². The first kappa shape index (κ1) is 20.4. The van der Waals surface area contributed by atoms with Crippen molar-refractivity contribution in [1.82, 2.24) is 0 Å². The van der Waals surface area contributed by atoms with Gasteiger partial charge in [-0.15, -0.1) is 0 Å². The lowest BCUT2D eigenvalue weighted by Gasteiger charge is -2.27. The smallest absolute Gasteiger partial charge is 0.309 e. The predicted octanol–water partition coefficient (Wildman–Crippen LogP) is 3.74. The SMILES string of the molecule is CCCCCCCCCCCCC(C(=O)O)C(C)(O)CO. The summed E-state index contributed by atoms with van der Waals surface area (Å²) in [5, 5.41) is 28.0. The molecule has 0 saturated heterocycles.